The Morgan fingerprint density at radius 3 is 3.00 bits per heavy atom. The number of fused-ring (bicyclic) bond motifs is 2. The highest BCUT2D eigenvalue weighted by Gasteiger charge is 2.17. The quantitative estimate of drug-likeness (QED) is 0.510. The van der Waals surface area contributed by atoms with E-state index in [0.717, 1.165) is 53.1 Å². The van der Waals surface area contributed by atoms with Crippen molar-refractivity contribution in [3.8, 4) is 22.8 Å². The molecule has 0 amide bonds. The summed E-state index contributed by atoms with van der Waals surface area (Å²) in [5, 5.41) is 9.42. The van der Waals surface area contributed by atoms with Crippen molar-refractivity contribution >= 4 is 10.9 Å². The van der Waals surface area contributed by atoms with Gasteiger partial charge in [-0.2, -0.15) is 4.39 Å². The monoisotopic (exact) mass is 361 g/mol. The minimum absolute atomic E-state index is 0.280. The van der Waals surface area contributed by atoms with Gasteiger partial charge in [-0.1, -0.05) is 11.3 Å². The van der Waals surface area contributed by atoms with Crippen molar-refractivity contribution in [1.29, 1.82) is 0 Å². The topological polar surface area (TPSA) is 65.7 Å². The van der Waals surface area contributed by atoms with Crippen LogP contribution in [0.4, 0.5) is 4.39 Å². The molecule has 0 saturated carbocycles. The third-order valence-corrected chi connectivity index (χ3v) is 4.82. The molecule has 4 heterocycles. The number of ether oxygens (including phenoxy) is 1. The maximum atomic E-state index is 14.0. The number of rotatable bonds is 2. The first-order chi connectivity index (χ1) is 13.2. The highest BCUT2D eigenvalue weighted by atomic mass is 19.1. The van der Waals surface area contributed by atoms with E-state index in [2.05, 4.69) is 26.3 Å². The van der Waals surface area contributed by atoms with Crippen molar-refractivity contribution in [2.45, 2.75) is 19.8 Å². The Morgan fingerprint density at radius 2 is 2.11 bits per heavy atom. The molecule has 0 aliphatic carbocycles. The van der Waals surface area contributed by atoms with E-state index < -0.39 is 5.95 Å². The van der Waals surface area contributed by atoms with Crippen LogP contribution >= 0.6 is 0 Å². The van der Waals surface area contributed by atoms with Crippen LogP contribution in [0, 0.1) is 12.9 Å². The second-order valence-corrected chi connectivity index (χ2v) is 6.56. The molecule has 1 aliphatic rings. The molecule has 6 nitrogen and oxygen atoms in total. The van der Waals surface area contributed by atoms with Crippen molar-refractivity contribution in [1.82, 2.24) is 25.0 Å². The van der Waals surface area contributed by atoms with E-state index in [9.17, 15) is 4.39 Å². The van der Waals surface area contributed by atoms with Gasteiger partial charge in [0.05, 0.1) is 17.8 Å². The molecule has 3 aromatic heterocycles. The molecule has 0 bridgehead atoms. The van der Waals surface area contributed by atoms with E-state index in [1.165, 1.54) is 10.9 Å². The van der Waals surface area contributed by atoms with Gasteiger partial charge < -0.3 is 4.74 Å². The Bertz CT molecular complexity index is 1170. The van der Waals surface area contributed by atoms with Gasteiger partial charge >= 0.3 is 0 Å². The van der Waals surface area contributed by atoms with E-state index in [1.807, 2.05) is 25.1 Å². The molecule has 1 aliphatic heterocycles. The number of pyridine rings is 2. The zero-order valence-electron chi connectivity index (χ0n) is 14.7. The largest absolute Gasteiger partial charge is 0.477 e. The molecule has 0 fully saturated rings. The van der Waals surface area contributed by atoms with Gasteiger partial charge in [-0.05, 0) is 50.1 Å². The molecule has 27 heavy (non-hydrogen) atoms. The fraction of sp³-hybridized carbons (Fsp3) is 0.200. The molecular weight excluding hydrogens is 345 g/mol. The van der Waals surface area contributed by atoms with Crippen molar-refractivity contribution in [3.63, 3.8) is 0 Å². The summed E-state index contributed by atoms with van der Waals surface area (Å²) < 4.78 is 21.1. The lowest BCUT2D eigenvalue weighted by molar-refractivity contribution is 0.277. The summed E-state index contributed by atoms with van der Waals surface area (Å²) in [6.45, 7) is 2.59. The summed E-state index contributed by atoms with van der Waals surface area (Å²) >= 11 is 0. The fourth-order valence-electron chi connectivity index (χ4n) is 3.45. The summed E-state index contributed by atoms with van der Waals surface area (Å²) in [4.78, 5) is 8.30. The average Bonchev–Trinajstić information content (AvgIpc) is 3.07. The van der Waals surface area contributed by atoms with Gasteiger partial charge in [0, 0.05) is 22.7 Å². The highest BCUT2D eigenvalue weighted by molar-refractivity contribution is 5.85. The second kappa shape index (κ2) is 6.12. The summed E-state index contributed by atoms with van der Waals surface area (Å²) in [6, 6.07) is 11.4. The average molecular weight is 361 g/mol. The molecule has 0 radical (unpaired) electrons. The first kappa shape index (κ1) is 15.9. The molecule has 134 valence electrons. The highest BCUT2D eigenvalue weighted by Crippen LogP contribution is 2.30. The number of benzene rings is 1. The molecule has 1 aromatic carbocycles. The fourth-order valence-corrected chi connectivity index (χ4v) is 3.45. The van der Waals surface area contributed by atoms with Crippen molar-refractivity contribution < 1.29 is 9.13 Å². The van der Waals surface area contributed by atoms with E-state index in [4.69, 9.17) is 4.74 Å². The number of halogens is 1. The van der Waals surface area contributed by atoms with E-state index in [1.54, 1.807) is 12.1 Å². The Labute approximate surface area is 154 Å². The lowest BCUT2D eigenvalue weighted by Crippen LogP contribution is -2.09. The molecule has 0 N–H and O–H groups in total. The van der Waals surface area contributed by atoms with Crippen LogP contribution in [0.15, 0.2) is 42.6 Å². The van der Waals surface area contributed by atoms with Crippen LogP contribution in [0.2, 0.25) is 0 Å². The first-order valence-corrected chi connectivity index (χ1v) is 8.81. The lowest BCUT2D eigenvalue weighted by Gasteiger charge is -2.16. The predicted molar refractivity (Wildman–Crippen MR) is 98.4 cm³/mol. The molecule has 5 rings (SSSR count). The van der Waals surface area contributed by atoms with Gasteiger partial charge in [0.1, 0.15) is 11.4 Å². The van der Waals surface area contributed by atoms with Gasteiger partial charge in [-0.15, -0.1) is 5.10 Å². The smallest absolute Gasteiger partial charge is 0.238 e. The zero-order valence-corrected chi connectivity index (χ0v) is 14.7. The van der Waals surface area contributed by atoms with E-state index in [0.29, 0.717) is 5.69 Å². The number of aryl methyl sites for hydroxylation is 1. The minimum Gasteiger partial charge on any atom is -0.477 e. The predicted octanol–water partition coefficient (Wildman–Crippen LogP) is 3.65. The van der Waals surface area contributed by atoms with Crippen molar-refractivity contribution in [3.05, 3.63) is 59.8 Å². The molecule has 4 aromatic rings. The molecular formula is C20H16FN5O. The summed E-state index contributed by atoms with van der Waals surface area (Å²) in [5.74, 6) is 0.155. The molecule has 7 heteroatoms. The standard InChI is InChI=1S/C20H16FN5O/c1-12-18(24-25-26(12)17-5-2-8-22-19(17)21)13-6-7-16-15(10-13)11-14-4-3-9-27-20(14)23-16/h2,5-8,10-11H,3-4,9H2,1H3. The van der Waals surface area contributed by atoms with Crippen molar-refractivity contribution in [2.24, 2.45) is 0 Å². The SMILES string of the molecule is Cc1c(-c2ccc3nc4c(cc3c2)CCCO4)nnn1-c1cccnc1F. The lowest BCUT2D eigenvalue weighted by atomic mass is 10.0. The summed E-state index contributed by atoms with van der Waals surface area (Å²) in [5.41, 5.74) is 4.65. The zero-order chi connectivity index (χ0) is 18.4. The second-order valence-electron chi connectivity index (χ2n) is 6.56. The maximum absolute atomic E-state index is 14.0. The van der Waals surface area contributed by atoms with Gasteiger partial charge in [0.25, 0.3) is 0 Å². The Hall–Kier alpha value is -3.35. The van der Waals surface area contributed by atoms with Gasteiger partial charge in [-0.25, -0.2) is 14.6 Å². The number of nitrogens with zero attached hydrogens (tertiary/aromatic N) is 5. The molecule has 0 spiro atoms. The number of aromatic nitrogens is 5. The summed E-state index contributed by atoms with van der Waals surface area (Å²) in [6.07, 6.45) is 3.38. The first-order valence-electron chi connectivity index (χ1n) is 8.81. The van der Waals surface area contributed by atoms with Crippen LogP contribution in [0.5, 0.6) is 5.88 Å². The maximum Gasteiger partial charge on any atom is 0.238 e. The molecule has 0 atom stereocenters. The number of hydrogen-bond donors (Lipinski definition) is 0. The van der Waals surface area contributed by atoms with Crippen LogP contribution in [0.25, 0.3) is 27.8 Å². The van der Waals surface area contributed by atoms with Crippen LogP contribution in [0.3, 0.4) is 0 Å². The minimum atomic E-state index is -0.577. The van der Waals surface area contributed by atoms with Crippen LogP contribution in [-0.4, -0.2) is 31.6 Å². The van der Waals surface area contributed by atoms with Crippen LogP contribution in [0.1, 0.15) is 17.7 Å². The third-order valence-electron chi connectivity index (χ3n) is 4.82. The van der Waals surface area contributed by atoms with E-state index in [-0.39, 0.29) is 5.69 Å². The van der Waals surface area contributed by atoms with Crippen LogP contribution < -0.4 is 4.74 Å². The Morgan fingerprint density at radius 1 is 1.19 bits per heavy atom. The normalized spacial score (nSPS) is 13.4. The van der Waals surface area contributed by atoms with Gasteiger partial charge in [-0.3, -0.25) is 0 Å². The van der Waals surface area contributed by atoms with Crippen molar-refractivity contribution in [2.75, 3.05) is 6.61 Å². The molecule has 0 unspecified atom stereocenters. The third kappa shape index (κ3) is 2.63. The van der Waals surface area contributed by atoms with Gasteiger partial charge in [0.2, 0.25) is 11.8 Å². The van der Waals surface area contributed by atoms with Gasteiger partial charge in [0.15, 0.2) is 0 Å². The Balaban J connectivity index is 1.61. The molecule has 0 saturated heterocycles. The summed E-state index contributed by atoms with van der Waals surface area (Å²) in [7, 11) is 0. The number of hydrogen-bond acceptors (Lipinski definition) is 5. The Kier molecular flexibility index (Phi) is 3.60. The van der Waals surface area contributed by atoms with E-state index >= 15 is 0 Å². The van der Waals surface area contributed by atoms with Crippen LogP contribution in [-0.2, 0) is 6.42 Å².